The number of amides is 1. The van der Waals surface area contributed by atoms with Crippen LogP contribution >= 0.6 is 11.3 Å². The molecule has 5 heteroatoms. The molecule has 21 heavy (non-hydrogen) atoms. The number of hydrogen-bond donors (Lipinski definition) is 2. The average molecular weight is 300 g/mol. The van der Waals surface area contributed by atoms with Crippen LogP contribution in [0.3, 0.4) is 0 Å². The summed E-state index contributed by atoms with van der Waals surface area (Å²) in [6.45, 7) is 1.28. The lowest BCUT2D eigenvalue weighted by Gasteiger charge is -2.13. The Morgan fingerprint density at radius 2 is 2.10 bits per heavy atom. The number of carbonyl (C=O) groups excluding carboxylic acids is 1. The van der Waals surface area contributed by atoms with Crippen molar-refractivity contribution in [2.24, 2.45) is 0 Å². The Balaban J connectivity index is 1.82. The van der Waals surface area contributed by atoms with Gasteiger partial charge in [-0.3, -0.25) is 4.79 Å². The largest absolute Gasteiger partial charge is 0.325 e. The summed E-state index contributed by atoms with van der Waals surface area (Å²) in [5.74, 6) is -0.00270. The molecule has 4 nitrogen and oxygen atoms in total. The second-order valence-electron chi connectivity index (χ2n) is 4.97. The Bertz CT molecular complexity index is 614. The number of benzene rings is 1. The smallest absolute Gasteiger partial charge is 0.279 e. The van der Waals surface area contributed by atoms with Gasteiger partial charge in [-0.15, -0.1) is 11.3 Å². The van der Waals surface area contributed by atoms with Crippen LogP contribution in [0.5, 0.6) is 0 Å². The molecule has 1 amide bonds. The van der Waals surface area contributed by atoms with Crippen molar-refractivity contribution in [2.45, 2.75) is 13.0 Å². The zero-order valence-corrected chi connectivity index (χ0v) is 12.7. The van der Waals surface area contributed by atoms with Crippen LogP contribution in [0.4, 0.5) is 5.69 Å². The fourth-order valence-electron chi connectivity index (χ4n) is 2.05. The number of carbonyl (C=O) groups is 1. The normalized spacial score (nSPS) is 11.6. The first-order valence-electron chi connectivity index (χ1n) is 6.77. The van der Waals surface area contributed by atoms with E-state index in [4.69, 9.17) is 5.26 Å². The summed E-state index contributed by atoms with van der Waals surface area (Å²) in [4.78, 5) is 14.4. The minimum atomic E-state index is -0.00270. The van der Waals surface area contributed by atoms with Crippen molar-refractivity contribution in [3.8, 4) is 6.07 Å². The molecule has 0 saturated heterocycles. The lowest BCUT2D eigenvalue weighted by atomic mass is 10.1. The lowest BCUT2D eigenvalue weighted by Crippen LogP contribution is -3.08. The van der Waals surface area contributed by atoms with Gasteiger partial charge < -0.3 is 10.2 Å². The van der Waals surface area contributed by atoms with Gasteiger partial charge in [-0.05, 0) is 29.1 Å². The summed E-state index contributed by atoms with van der Waals surface area (Å²) >= 11 is 1.71. The van der Waals surface area contributed by atoms with Gasteiger partial charge in [0.2, 0.25) is 0 Å². The van der Waals surface area contributed by atoms with E-state index in [1.165, 1.54) is 4.88 Å². The first kappa shape index (κ1) is 15.2. The Morgan fingerprint density at radius 3 is 2.71 bits per heavy atom. The molecule has 1 aromatic heterocycles. The Labute approximate surface area is 128 Å². The van der Waals surface area contributed by atoms with Crippen LogP contribution in [0.2, 0.25) is 0 Å². The summed E-state index contributed by atoms with van der Waals surface area (Å²) in [5.41, 5.74) is 1.72. The predicted octanol–water partition coefficient (Wildman–Crippen LogP) is 1.47. The van der Waals surface area contributed by atoms with E-state index >= 15 is 0 Å². The van der Waals surface area contributed by atoms with E-state index in [2.05, 4.69) is 17.5 Å². The third kappa shape index (κ3) is 5.03. The number of thiophene rings is 1. The molecule has 1 aromatic carbocycles. The number of rotatable bonds is 6. The second-order valence-corrected chi connectivity index (χ2v) is 6.00. The van der Waals surface area contributed by atoms with Gasteiger partial charge in [-0.2, -0.15) is 5.26 Å². The van der Waals surface area contributed by atoms with Crippen LogP contribution in [0.25, 0.3) is 0 Å². The SMILES string of the molecule is C[NH+](CC(=O)Nc1ccc(CC#N)cc1)Cc1cccs1. The Hall–Kier alpha value is -2.16. The predicted molar refractivity (Wildman–Crippen MR) is 84.2 cm³/mol. The average Bonchev–Trinajstić information content (AvgIpc) is 2.93. The zero-order chi connectivity index (χ0) is 15.1. The maximum absolute atomic E-state index is 12.0. The highest BCUT2D eigenvalue weighted by Gasteiger charge is 2.11. The molecule has 0 fully saturated rings. The van der Waals surface area contributed by atoms with Gasteiger partial charge in [-0.25, -0.2) is 0 Å². The molecule has 0 aliphatic carbocycles. The fraction of sp³-hybridized carbons (Fsp3) is 0.250. The Morgan fingerprint density at radius 1 is 1.33 bits per heavy atom. The van der Waals surface area contributed by atoms with E-state index in [0.717, 1.165) is 22.7 Å². The molecule has 2 N–H and O–H groups in total. The highest BCUT2D eigenvalue weighted by molar-refractivity contribution is 7.09. The molecule has 0 radical (unpaired) electrons. The van der Waals surface area contributed by atoms with Crippen molar-refractivity contribution < 1.29 is 9.69 Å². The summed E-state index contributed by atoms with van der Waals surface area (Å²) in [6, 6.07) is 13.6. The second kappa shape index (κ2) is 7.58. The molecule has 0 bridgehead atoms. The van der Waals surface area contributed by atoms with Crippen LogP contribution < -0.4 is 10.2 Å². The number of nitrogens with zero attached hydrogens (tertiary/aromatic N) is 1. The van der Waals surface area contributed by atoms with E-state index in [-0.39, 0.29) is 5.91 Å². The van der Waals surface area contributed by atoms with E-state index in [1.54, 1.807) is 11.3 Å². The highest BCUT2D eigenvalue weighted by atomic mass is 32.1. The Kier molecular flexibility index (Phi) is 5.50. The van der Waals surface area contributed by atoms with Gasteiger partial charge in [0.05, 0.1) is 24.4 Å². The summed E-state index contributed by atoms with van der Waals surface area (Å²) in [5, 5.41) is 13.5. The minimum Gasteiger partial charge on any atom is -0.325 e. The molecule has 108 valence electrons. The quantitative estimate of drug-likeness (QED) is 0.849. The fourth-order valence-corrected chi connectivity index (χ4v) is 2.87. The number of quaternary nitrogens is 1. The third-order valence-electron chi connectivity index (χ3n) is 3.04. The van der Waals surface area contributed by atoms with Gasteiger partial charge in [0.1, 0.15) is 6.54 Å². The van der Waals surface area contributed by atoms with Crippen molar-refractivity contribution in [3.63, 3.8) is 0 Å². The van der Waals surface area contributed by atoms with Crippen LogP contribution in [0, 0.1) is 11.3 Å². The van der Waals surface area contributed by atoms with E-state index in [9.17, 15) is 4.79 Å². The number of nitrogens with one attached hydrogen (secondary N) is 2. The molecule has 1 atom stereocenters. The van der Waals surface area contributed by atoms with Crippen molar-refractivity contribution in [1.82, 2.24) is 0 Å². The molecular formula is C16H18N3OS+. The van der Waals surface area contributed by atoms with Crippen LogP contribution in [0.15, 0.2) is 41.8 Å². The lowest BCUT2D eigenvalue weighted by molar-refractivity contribution is -0.884. The standard InChI is InChI=1S/C16H17N3OS/c1-19(11-15-3-2-10-21-15)12-16(20)18-14-6-4-13(5-7-14)8-9-17/h2-7,10H,8,11-12H2,1H3,(H,18,20)/p+1. The van der Waals surface area contributed by atoms with Crippen LogP contribution in [-0.4, -0.2) is 19.5 Å². The molecule has 2 rings (SSSR count). The van der Waals surface area contributed by atoms with Gasteiger partial charge >= 0.3 is 0 Å². The van der Waals surface area contributed by atoms with Crippen LogP contribution in [-0.2, 0) is 17.8 Å². The first-order valence-corrected chi connectivity index (χ1v) is 7.65. The number of nitriles is 1. The highest BCUT2D eigenvalue weighted by Crippen LogP contribution is 2.09. The maximum Gasteiger partial charge on any atom is 0.279 e. The third-order valence-corrected chi connectivity index (χ3v) is 3.92. The summed E-state index contributed by atoms with van der Waals surface area (Å²) in [7, 11) is 2.01. The summed E-state index contributed by atoms with van der Waals surface area (Å²) in [6.07, 6.45) is 0.391. The first-order chi connectivity index (χ1) is 10.2. The van der Waals surface area contributed by atoms with Crippen molar-refractivity contribution >= 4 is 22.9 Å². The number of likely N-dealkylation sites (N-methyl/N-ethyl adjacent to an activating group) is 1. The van der Waals surface area contributed by atoms with Crippen molar-refractivity contribution in [1.29, 1.82) is 5.26 Å². The summed E-state index contributed by atoms with van der Waals surface area (Å²) < 4.78 is 0. The molecular weight excluding hydrogens is 282 g/mol. The van der Waals surface area contributed by atoms with Gasteiger partial charge in [0, 0.05) is 5.69 Å². The van der Waals surface area contributed by atoms with Gasteiger partial charge in [-0.1, -0.05) is 18.2 Å². The molecule has 2 aromatic rings. The van der Waals surface area contributed by atoms with E-state index < -0.39 is 0 Å². The van der Waals surface area contributed by atoms with Crippen molar-refractivity contribution in [3.05, 3.63) is 52.2 Å². The molecule has 1 unspecified atom stereocenters. The monoisotopic (exact) mass is 300 g/mol. The molecule has 0 aliphatic heterocycles. The minimum absolute atomic E-state index is 0.00270. The van der Waals surface area contributed by atoms with Gasteiger partial charge in [0.15, 0.2) is 6.54 Å². The number of anilines is 1. The molecule has 0 saturated carbocycles. The maximum atomic E-state index is 12.0. The molecule has 1 heterocycles. The van der Waals surface area contributed by atoms with Crippen LogP contribution in [0.1, 0.15) is 10.4 Å². The van der Waals surface area contributed by atoms with Gasteiger partial charge in [0.25, 0.3) is 5.91 Å². The van der Waals surface area contributed by atoms with Crippen molar-refractivity contribution in [2.75, 3.05) is 18.9 Å². The topological polar surface area (TPSA) is 57.3 Å². The zero-order valence-electron chi connectivity index (χ0n) is 11.9. The molecule has 0 aliphatic rings. The van der Waals surface area contributed by atoms with E-state index in [0.29, 0.717) is 13.0 Å². The number of hydrogen-bond acceptors (Lipinski definition) is 3. The molecule has 0 spiro atoms. The van der Waals surface area contributed by atoms with E-state index in [1.807, 2.05) is 42.8 Å².